The Bertz CT molecular complexity index is 154. The van der Waals surface area contributed by atoms with Crippen LogP contribution in [0.1, 0.15) is 12.8 Å². The first-order valence-corrected chi connectivity index (χ1v) is 5.76. The Morgan fingerprint density at radius 3 is 2.50 bits per heavy atom. The largest absolute Gasteiger partial charge is 0.328 e. The van der Waals surface area contributed by atoms with Gasteiger partial charge in [0.1, 0.15) is 0 Å². The number of nitrogens with one attached hydrogen (secondary N) is 1. The van der Waals surface area contributed by atoms with Crippen LogP contribution in [0.4, 0.5) is 0 Å². The van der Waals surface area contributed by atoms with Gasteiger partial charge < -0.3 is 9.80 Å². The van der Waals surface area contributed by atoms with Crippen molar-refractivity contribution in [1.82, 2.24) is 5.32 Å². The fraction of sp³-hybridized carbons (Fsp3) is 1.00. The SMILES string of the molecule is CNCCC[N+](C)(C)CCCOP=O. The van der Waals surface area contributed by atoms with Gasteiger partial charge in [0.15, 0.2) is 0 Å². The lowest BCUT2D eigenvalue weighted by Crippen LogP contribution is -2.42. The third-order valence-corrected chi connectivity index (χ3v) is 2.53. The zero-order valence-electron chi connectivity index (χ0n) is 9.45. The Balaban J connectivity index is 3.45. The van der Waals surface area contributed by atoms with Gasteiger partial charge in [-0.2, -0.15) is 0 Å². The van der Waals surface area contributed by atoms with Crippen molar-refractivity contribution in [3.63, 3.8) is 0 Å². The van der Waals surface area contributed by atoms with Crippen molar-refractivity contribution in [2.45, 2.75) is 12.8 Å². The molecule has 0 aromatic heterocycles. The van der Waals surface area contributed by atoms with Gasteiger partial charge in [-0.25, -0.2) is 4.57 Å². The second-order valence-corrected chi connectivity index (χ2v) is 4.51. The van der Waals surface area contributed by atoms with E-state index >= 15 is 0 Å². The molecule has 0 unspecified atom stereocenters. The van der Waals surface area contributed by atoms with E-state index in [1.54, 1.807) is 0 Å². The highest BCUT2D eigenvalue weighted by Gasteiger charge is 2.13. The highest BCUT2D eigenvalue weighted by Crippen LogP contribution is 2.03. The maximum atomic E-state index is 10.0. The number of hydrogen-bond acceptors (Lipinski definition) is 3. The summed E-state index contributed by atoms with van der Waals surface area (Å²) in [5, 5.41) is 3.14. The molecule has 0 saturated heterocycles. The third-order valence-electron chi connectivity index (χ3n) is 2.24. The van der Waals surface area contributed by atoms with Crippen LogP contribution < -0.4 is 5.32 Å². The van der Waals surface area contributed by atoms with Crippen LogP contribution in [-0.4, -0.2) is 51.9 Å². The Hall–Kier alpha value is -0.0200. The van der Waals surface area contributed by atoms with E-state index in [1.165, 1.54) is 6.42 Å². The van der Waals surface area contributed by atoms with Gasteiger partial charge in [0, 0.05) is 19.4 Å². The van der Waals surface area contributed by atoms with E-state index in [1.807, 2.05) is 7.05 Å². The van der Waals surface area contributed by atoms with Crippen LogP contribution in [0.5, 0.6) is 0 Å². The van der Waals surface area contributed by atoms with Crippen LogP contribution in [0.15, 0.2) is 0 Å². The molecule has 0 aromatic carbocycles. The summed E-state index contributed by atoms with van der Waals surface area (Å²) in [6.07, 6.45) is 2.14. The van der Waals surface area contributed by atoms with Gasteiger partial charge in [-0.3, -0.25) is 4.52 Å². The summed E-state index contributed by atoms with van der Waals surface area (Å²) < 4.78 is 15.8. The summed E-state index contributed by atoms with van der Waals surface area (Å²) >= 11 is 0. The predicted molar refractivity (Wildman–Crippen MR) is 58.6 cm³/mol. The molecule has 0 atom stereocenters. The number of quaternary nitrogens is 1. The van der Waals surface area contributed by atoms with Gasteiger partial charge in [0.05, 0.1) is 33.8 Å². The number of rotatable bonds is 9. The molecule has 14 heavy (non-hydrogen) atoms. The molecule has 5 heteroatoms. The zero-order chi connectivity index (χ0) is 10.9. The van der Waals surface area contributed by atoms with Crippen LogP contribution in [0.3, 0.4) is 0 Å². The molecule has 0 spiro atoms. The van der Waals surface area contributed by atoms with Crippen molar-refractivity contribution < 1.29 is 13.6 Å². The first-order valence-electron chi connectivity index (χ1n) is 5.03. The second-order valence-electron chi connectivity index (χ2n) is 4.10. The van der Waals surface area contributed by atoms with Crippen LogP contribution in [0.25, 0.3) is 0 Å². The minimum atomic E-state index is -0.204. The van der Waals surface area contributed by atoms with Gasteiger partial charge >= 0.3 is 8.69 Å². The number of nitrogens with zero attached hydrogens (tertiary/aromatic N) is 1. The Labute approximate surface area is 88.5 Å². The van der Waals surface area contributed by atoms with Crippen molar-refractivity contribution in [3.8, 4) is 0 Å². The zero-order valence-corrected chi connectivity index (χ0v) is 10.3. The molecule has 1 N–H and O–H groups in total. The van der Waals surface area contributed by atoms with Gasteiger partial charge in [-0.1, -0.05) is 0 Å². The van der Waals surface area contributed by atoms with E-state index in [9.17, 15) is 4.57 Å². The molecule has 0 fully saturated rings. The van der Waals surface area contributed by atoms with E-state index in [4.69, 9.17) is 4.52 Å². The minimum absolute atomic E-state index is 0.204. The molecule has 0 rings (SSSR count). The van der Waals surface area contributed by atoms with Gasteiger partial charge in [0.25, 0.3) is 0 Å². The van der Waals surface area contributed by atoms with E-state index in [0.29, 0.717) is 6.61 Å². The van der Waals surface area contributed by atoms with E-state index in [-0.39, 0.29) is 8.69 Å². The summed E-state index contributed by atoms with van der Waals surface area (Å²) in [7, 11) is 6.19. The number of hydrogen-bond donors (Lipinski definition) is 1. The van der Waals surface area contributed by atoms with Crippen molar-refractivity contribution in [3.05, 3.63) is 0 Å². The lowest BCUT2D eigenvalue weighted by molar-refractivity contribution is -0.890. The average molecular weight is 221 g/mol. The molecular weight excluding hydrogens is 199 g/mol. The van der Waals surface area contributed by atoms with Crippen molar-refractivity contribution in [1.29, 1.82) is 0 Å². The maximum Gasteiger partial charge on any atom is 0.327 e. The van der Waals surface area contributed by atoms with Gasteiger partial charge in [-0.05, 0) is 7.05 Å². The second kappa shape index (κ2) is 8.30. The highest BCUT2D eigenvalue weighted by atomic mass is 31.1. The topological polar surface area (TPSA) is 38.3 Å². The lowest BCUT2D eigenvalue weighted by atomic mass is 10.3. The first kappa shape index (κ1) is 14.0. The van der Waals surface area contributed by atoms with E-state index in [2.05, 4.69) is 19.4 Å². The van der Waals surface area contributed by atoms with Gasteiger partial charge in [-0.15, -0.1) is 0 Å². The summed E-state index contributed by atoms with van der Waals surface area (Å²) in [5.74, 6) is 0. The van der Waals surface area contributed by atoms with Gasteiger partial charge in [0.2, 0.25) is 0 Å². The standard InChI is InChI=1S/C9H22N2O2P/c1-10-6-4-7-11(2,3)8-5-9-13-14-12/h10H,4-9H2,1-3H3/q+1. The van der Waals surface area contributed by atoms with E-state index in [0.717, 1.165) is 30.5 Å². The summed E-state index contributed by atoms with van der Waals surface area (Å²) in [6.45, 7) is 3.88. The minimum Gasteiger partial charge on any atom is -0.328 e. The van der Waals surface area contributed by atoms with Crippen molar-refractivity contribution >= 4 is 8.69 Å². The summed E-state index contributed by atoms with van der Waals surface area (Å²) in [4.78, 5) is 0. The average Bonchev–Trinajstić information content (AvgIpc) is 2.13. The predicted octanol–water partition coefficient (Wildman–Crippen LogP) is 1.29. The molecule has 84 valence electrons. The molecule has 0 bridgehead atoms. The van der Waals surface area contributed by atoms with E-state index < -0.39 is 0 Å². The molecule has 0 aromatic rings. The third kappa shape index (κ3) is 8.57. The fourth-order valence-corrected chi connectivity index (χ4v) is 1.59. The molecule has 0 radical (unpaired) electrons. The molecule has 0 aliphatic heterocycles. The molecule has 0 saturated carbocycles. The monoisotopic (exact) mass is 221 g/mol. The first-order chi connectivity index (χ1) is 6.62. The van der Waals surface area contributed by atoms with Crippen LogP contribution >= 0.6 is 8.69 Å². The van der Waals surface area contributed by atoms with Crippen LogP contribution in [-0.2, 0) is 9.09 Å². The lowest BCUT2D eigenvalue weighted by Gasteiger charge is -2.29. The molecule has 0 aliphatic carbocycles. The highest BCUT2D eigenvalue weighted by molar-refractivity contribution is 7.17. The Morgan fingerprint density at radius 1 is 1.29 bits per heavy atom. The smallest absolute Gasteiger partial charge is 0.327 e. The Morgan fingerprint density at radius 2 is 1.93 bits per heavy atom. The quantitative estimate of drug-likeness (QED) is 0.362. The van der Waals surface area contributed by atoms with Crippen molar-refractivity contribution in [2.24, 2.45) is 0 Å². The Kier molecular flexibility index (Phi) is 8.29. The normalized spacial score (nSPS) is 12.2. The summed E-state index contributed by atoms with van der Waals surface area (Å²) in [6, 6.07) is 0. The summed E-state index contributed by atoms with van der Waals surface area (Å²) in [5.41, 5.74) is 0. The molecule has 4 nitrogen and oxygen atoms in total. The fourth-order valence-electron chi connectivity index (χ4n) is 1.39. The van der Waals surface area contributed by atoms with Crippen molar-refractivity contribution in [2.75, 3.05) is 47.4 Å². The molecular formula is C9H22N2O2P+. The maximum absolute atomic E-state index is 10.0. The van der Waals surface area contributed by atoms with Crippen LogP contribution in [0.2, 0.25) is 0 Å². The molecule has 0 aliphatic rings. The molecule has 0 amide bonds. The van der Waals surface area contributed by atoms with Crippen LogP contribution in [0, 0.1) is 0 Å². The molecule has 0 heterocycles.